The van der Waals surface area contributed by atoms with Crippen LogP contribution < -0.4 is 5.32 Å². The van der Waals surface area contributed by atoms with Crippen molar-refractivity contribution >= 4 is 23.6 Å². The second kappa shape index (κ2) is 8.90. The predicted molar refractivity (Wildman–Crippen MR) is 88.4 cm³/mol. The van der Waals surface area contributed by atoms with Gasteiger partial charge in [0.2, 0.25) is 0 Å². The van der Waals surface area contributed by atoms with Gasteiger partial charge in [0.05, 0.1) is 19.3 Å². The number of ether oxygens (including phenoxy) is 1. The molecule has 8 heteroatoms. The maximum Gasteiger partial charge on any atom is 0.328 e. The third-order valence-corrected chi connectivity index (χ3v) is 4.74. The fourth-order valence-electron chi connectivity index (χ4n) is 2.76. The first kappa shape index (κ1) is 17.8. The maximum atomic E-state index is 12.3. The zero-order valence-electron chi connectivity index (χ0n) is 13.7. The molecule has 7 nitrogen and oxygen atoms in total. The Morgan fingerprint density at radius 1 is 1.43 bits per heavy atom. The molecule has 1 saturated carbocycles. The van der Waals surface area contributed by atoms with Crippen LogP contribution in [0, 0.1) is 0 Å². The van der Waals surface area contributed by atoms with E-state index >= 15 is 0 Å². The minimum Gasteiger partial charge on any atom is -0.467 e. The Morgan fingerprint density at radius 2 is 2.17 bits per heavy atom. The molecular weight excluding hydrogens is 316 g/mol. The number of rotatable bonds is 7. The van der Waals surface area contributed by atoms with E-state index in [0.29, 0.717) is 12.5 Å². The second-order valence-corrected chi connectivity index (χ2v) is 6.69. The van der Waals surface area contributed by atoms with Gasteiger partial charge in [0, 0.05) is 0 Å². The lowest BCUT2D eigenvalue weighted by atomic mass is 9.96. The molecule has 1 atom stereocenters. The molecule has 1 aliphatic carbocycles. The van der Waals surface area contributed by atoms with Gasteiger partial charge < -0.3 is 10.1 Å². The van der Waals surface area contributed by atoms with E-state index in [2.05, 4.69) is 15.6 Å². The molecule has 1 amide bonds. The molecule has 0 bridgehead atoms. The Kier molecular flexibility index (Phi) is 6.88. The van der Waals surface area contributed by atoms with Crippen LogP contribution in [0.2, 0.25) is 0 Å². The number of thioether (sulfide) groups is 1. The summed E-state index contributed by atoms with van der Waals surface area (Å²) in [6.07, 6.45) is 9.92. The zero-order valence-corrected chi connectivity index (χ0v) is 14.5. The number of hydrogen-bond donors (Lipinski definition) is 1. The van der Waals surface area contributed by atoms with Crippen LogP contribution in [0.3, 0.4) is 0 Å². The van der Waals surface area contributed by atoms with Crippen LogP contribution in [0.5, 0.6) is 0 Å². The van der Waals surface area contributed by atoms with Gasteiger partial charge in [-0.3, -0.25) is 4.79 Å². The third kappa shape index (κ3) is 4.95. The van der Waals surface area contributed by atoms with E-state index in [-0.39, 0.29) is 11.6 Å². The minimum absolute atomic E-state index is 0.244. The number of esters is 1. The summed E-state index contributed by atoms with van der Waals surface area (Å²) in [5.41, 5.74) is 0.244. The molecule has 0 aromatic carbocycles. The summed E-state index contributed by atoms with van der Waals surface area (Å²) in [7, 11) is 1.32. The molecule has 128 valence electrons. The van der Waals surface area contributed by atoms with Crippen LogP contribution in [0.25, 0.3) is 0 Å². The lowest BCUT2D eigenvalue weighted by Crippen LogP contribution is -2.42. The van der Waals surface area contributed by atoms with Crippen molar-refractivity contribution in [3.8, 4) is 0 Å². The molecule has 23 heavy (non-hydrogen) atoms. The Balaban J connectivity index is 1.98. The van der Waals surface area contributed by atoms with E-state index in [9.17, 15) is 9.59 Å². The molecule has 0 spiro atoms. The molecule has 1 aromatic rings. The largest absolute Gasteiger partial charge is 0.467 e. The molecule has 2 rings (SSSR count). The number of aromatic nitrogens is 3. The van der Waals surface area contributed by atoms with Crippen molar-refractivity contribution in [1.29, 1.82) is 0 Å². The molecule has 1 N–H and O–H groups in total. The van der Waals surface area contributed by atoms with E-state index in [0.717, 1.165) is 18.6 Å². The molecule has 0 radical (unpaired) electrons. The average Bonchev–Trinajstić information content (AvgIpc) is 3.08. The van der Waals surface area contributed by atoms with E-state index in [1.54, 1.807) is 22.6 Å². The first-order valence-corrected chi connectivity index (χ1v) is 9.34. The van der Waals surface area contributed by atoms with Gasteiger partial charge in [0.1, 0.15) is 6.04 Å². The number of hydrogen-bond acceptors (Lipinski definition) is 6. The van der Waals surface area contributed by atoms with Gasteiger partial charge >= 0.3 is 5.97 Å². The number of nitrogens with one attached hydrogen (secondary N) is 1. The quantitative estimate of drug-likeness (QED) is 0.762. The Labute approximate surface area is 140 Å². The minimum atomic E-state index is -0.653. The fraction of sp³-hybridized carbons (Fsp3) is 0.733. The fourth-order valence-corrected chi connectivity index (χ4v) is 3.24. The molecule has 0 saturated heterocycles. The van der Waals surface area contributed by atoms with E-state index in [1.807, 2.05) is 6.26 Å². The number of carbonyl (C=O) groups excluding carboxylic acids is 2. The number of carbonyl (C=O) groups is 2. The van der Waals surface area contributed by atoms with Crippen LogP contribution in [-0.2, 0) is 9.53 Å². The van der Waals surface area contributed by atoms with E-state index < -0.39 is 12.0 Å². The first-order valence-electron chi connectivity index (χ1n) is 7.95. The summed E-state index contributed by atoms with van der Waals surface area (Å²) >= 11 is 1.61. The van der Waals surface area contributed by atoms with Crippen molar-refractivity contribution in [3.05, 3.63) is 11.9 Å². The first-order chi connectivity index (χ1) is 11.2. The van der Waals surface area contributed by atoms with Gasteiger partial charge in [0.15, 0.2) is 5.69 Å². The van der Waals surface area contributed by atoms with Crippen molar-refractivity contribution in [2.24, 2.45) is 0 Å². The van der Waals surface area contributed by atoms with Crippen molar-refractivity contribution in [2.75, 3.05) is 19.1 Å². The summed E-state index contributed by atoms with van der Waals surface area (Å²) in [6, 6.07) is -0.328. The van der Waals surface area contributed by atoms with Crippen LogP contribution in [0.15, 0.2) is 6.20 Å². The standard InChI is InChI=1S/C15H24N4O3S/c1-22-15(21)12(8-9-23-2)16-14(20)13-10-19(18-17-13)11-6-4-3-5-7-11/h10-12H,3-9H2,1-2H3,(H,16,20)/t12-/m0/s1. The van der Waals surface area contributed by atoms with Gasteiger partial charge in [-0.05, 0) is 31.3 Å². The van der Waals surface area contributed by atoms with Crippen LogP contribution in [0.4, 0.5) is 0 Å². The lowest BCUT2D eigenvalue weighted by Gasteiger charge is -2.20. The van der Waals surface area contributed by atoms with E-state index in [4.69, 9.17) is 4.74 Å². The molecule has 1 aromatic heterocycles. The summed E-state index contributed by atoms with van der Waals surface area (Å²) in [5.74, 6) is -0.0647. The molecule has 1 fully saturated rings. The van der Waals surface area contributed by atoms with Crippen LogP contribution in [-0.4, -0.2) is 52.0 Å². The van der Waals surface area contributed by atoms with Crippen LogP contribution in [0.1, 0.15) is 55.1 Å². The number of methoxy groups -OCH3 is 1. The van der Waals surface area contributed by atoms with Gasteiger partial charge in [-0.1, -0.05) is 24.5 Å². The average molecular weight is 340 g/mol. The Bertz CT molecular complexity index is 529. The molecule has 1 aliphatic rings. The lowest BCUT2D eigenvalue weighted by molar-refractivity contribution is -0.142. The highest BCUT2D eigenvalue weighted by Gasteiger charge is 2.24. The van der Waals surface area contributed by atoms with Crippen molar-refractivity contribution in [3.63, 3.8) is 0 Å². The normalized spacial score (nSPS) is 16.8. The summed E-state index contributed by atoms with van der Waals surface area (Å²) in [4.78, 5) is 24.0. The topological polar surface area (TPSA) is 86.1 Å². The predicted octanol–water partition coefficient (Wildman–Crippen LogP) is 1.81. The summed E-state index contributed by atoms with van der Waals surface area (Å²) in [5, 5.41) is 10.7. The third-order valence-electron chi connectivity index (χ3n) is 4.09. The highest BCUT2D eigenvalue weighted by atomic mass is 32.2. The highest BCUT2D eigenvalue weighted by molar-refractivity contribution is 7.98. The van der Waals surface area contributed by atoms with E-state index in [1.165, 1.54) is 26.4 Å². The Hall–Kier alpha value is -1.57. The number of amides is 1. The zero-order chi connectivity index (χ0) is 16.7. The highest BCUT2D eigenvalue weighted by Crippen LogP contribution is 2.27. The van der Waals surface area contributed by atoms with Crippen molar-refractivity contribution < 1.29 is 14.3 Å². The van der Waals surface area contributed by atoms with Crippen LogP contribution >= 0.6 is 11.8 Å². The number of nitrogens with zero attached hydrogens (tertiary/aromatic N) is 3. The molecular formula is C15H24N4O3S. The van der Waals surface area contributed by atoms with Gasteiger partial charge in [-0.15, -0.1) is 5.10 Å². The second-order valence-electron chi connectivity index (χ2n) is 5.71. The summed E-state index contributed by atoms with van der Waals surface area (Å²) in [6.45, 7) is 0. The monoisotopic (exact) mass is 340 g/mol. The van der Waals surface area contributed by atoms with Gasteiger partial charge in [-0.2, -0.15) is 11.8 Å². The summed E-state index contributed by atoms with van der Waals surface area (Å²) < 4.78 is 6.52. The molecule has 1 heterocycles. The van der Waals surface area contributed by atoms with Crippen molar-refractivity contribution in [1.82, 2.24) is 20.3 Å². The SMILES string of the molecule is COC(=O)[C@H](CCSC)NC(=O)c1cn(C2CCCCC2)nn1. The van der Waals surface area contributed by atoms with Crippen molar-refractivity contribution in [2.45, 2.75) is 50.6 Å². The smallest absolute Gasteiger partial charge is 0.328 e. The molecule has 0 aliphatic heterocycles. The molecule has 0 unspecified atom stereocenters. The van der Waals surface area contributed by atoms with Gasteiger partial charge in [0.25, 0.3) is 5.91 Å². The Morgan fingerprint density at radius 3 is 2.83 bits per heavy atom. The maximum absolute atomic E-state index is 12.3. The van der Waals surface area contributed by atoms with Gasteiger partial charge in [-0.25, -0.2) is 9.48 Å².